The average molecular weight is 690 g/mol. The van der Waals surface area contributed by atoms with E-state index < -0.39 is 11.7 Å². The number of nitrogens with one attached hydrogen (secondary N) is 3. The van der Waals surface area contributed by atoms with E-state index in [-0.39, 0.29) is 29.4 Å². The number of hydrogen-bond donors (Lipinski definition) is 3. The normalized spacial score (nSPS) is 20.9. The highest BCUT2D eigenvalue weighted by atomic mass is 19.1. The van der Waals surface area contributed by atoms with Crippen LogP contribution in [-0.4, -0.2) is 68.3 Å². The molecule has 0 radical (unpaired) electrons. The molecule has 0 unspecified atom stereocenters. The average Bonchev–Trinajstić information content (AvgIpc) is 3.56. The number of rotatable bonds is 9. The van der Waals surface area contributed by atoms with Crippen molar-refractivity contribution in [2.75, 3.05) is 13.1 Å². The molecule has 2 fully saturated rings. The molecule has 10 nitrogen and oxygen atoms in total. The van der Waals surface area contributed by atoms with Gasteiger partial charge in [-0.2, -0.15) is 0 Å². The van der Waals surface area contributed by atoms with Crippen LogP contribution in [0.3, 0.4) is 0 Å². The number of imidazole rings is 1. The third-order valence-corrected chi connectivity index (χ3v) is 9.76. The van der Waals surface area contributed by atoms with Gasteiger partial charge >= 0.3 is 0 Å². The quantitative estimate of drug-likeness (QED) is 0.167. The zero-order chi connectivity index (χ0) is 35.5. The molecular formula is C40H44FN7O3. The Morgan fingerprint density at radius 2 is 1.57 bits per heavy atom. The third kappa shape index (κ3) is 8.27. The van der Waals surface area contributed by atoms with Crippen LogP contribution >= 0.6 is 0 Å². The summed E-state index contributed by atoms with van der Waals surface area (Å²) in [4.78, 5) is 37.5. The largest absolute Gasteiger partial charge is 0.438 e. The van der Waals surface area contributed by atoms with Crippen LogP contribution in [0.15, 0.2) is 85.2 Å². The van der Waals surface area contributed by atoms with Crippen molar-refractivity contribution in [1.29, 1.82) is 0 Å². The first-order chi connectivity index (χ1) is 24.7. The molecule has 0 spiro atoms. The van der Waals surface area contributed by atoms with Gasteiger partial charge in [0.1, 0.15) is 28.5 Å². The van der Waals surface area contributed by atoms with Gasteiger partial charge in [-0.05, 0) is 93.5 Å². The molecule has 2 aliphatic rings. The van der Waals surface area contributed by atoms with E-state index in [1.165, 1.54) is 5.56 Å². The summed E-state index contributed by atoms with van der Waals surface area (Å²) in [6, 6.07) is 23.8. The third-order valence-electron chi connectivity index (χ3n) is 9.76. The van der Waals surface area contributed by atoms with Gasteiger partial charge in [-0.25, -0.2) is 14.4 Å². The molecule has 2 aromatic carbocycles. The van der Waals surface area contributed by atoms with E-state index in [2.05, 4.69) is 68.9 Å². The highest BCUT2D eigenvalue weighted by molar-refractivity contribution is 5.96. The number of ether oxygens (including phenoxy) is 1. The molecule has 7 rings (SSSR count). The van der Waals surface area contributed by atoms with Crippen molar-refractivity contribution in [3.8, 4) is 22.8 Å². The van der Waals surface area contributed by atoms with Crippen molar-refractivity contribution in [3.63, 3.8) is 0 Å². The molecule has 2 amide bonds. The van der Waals surface area contributed by atoms with E-state index in [9.17, 15) is 14.0 Å². The fourth-order valence-electron chi connectivity index (χ4n) is 7.31. The second-order valence-corrected chi connectivity index (χ2v) is 14.0. The van der Waals surface area contributed by atoms with E-state index in [0.29, 0.717) is 49.2 Å². The second kappa shape index (κ2) is 15.0. The van der Waals surface area contributed by atoms with Gasteiger partial charge in [0.2, 0.25) is 5.88 Å². The number of piperazine rings is 1. The molecule has 3 aromatic heterocycles. The molecule has 2 atom stereocenters. The van der Waals surface area contributed by atoms with E-state index in [0.717, 1.165) is 54.4 Å². The van der Waals surface area contributed by atoms with Crippen molar-refractivity contribution in [2.24, 2.45) is 0 Å². The number of hydrogen-bond acceptors (Lipinski definition) is 7. The van der Waals surface area contributed by atoms with Gasteiger partial charge in [0.15, 0.2) is 0 Å². The summed E-state index contributed by atoms with van der Waals surface area (Å²) in [7, 11) is 0. The van der Waals surface area contributed by atoms with Gasteiger partial charge in [0.05, 0.1) is 6.20 Å². The predicted molar refractivity (Wildman–Crippen MR) is 194 cm³/mol. The summed E-state index contributed by atoms with van der Waals surface area (Å²) in [5.41, 5.74) is 5.38. The van der Waals surface area contributed by atoms with Crippen LogP contribution in [-0.2, 0) is 6.54 Å². The number of fused-ring (bicyclic) bond motifs is 1. The maximum Gasteiger partial charge on any atom is 0.271 e. The highest BCUT2D eigenvalue weighted by Crippen LogP contribution is 2.30. The number of nitrogens with zero attached hydrogens (tertiary/aromatic N) is 4. The van der Waals surface area contributed by atoms with Crippen molar-refractivity contribution >= 4 is 17.5 Å². The Balaban J connectivity index is 0.951. The Hall–Kier alpha value is -5.13. The Morgan fingerprint density at radius 1 is 0.882 bits per heavy atom. The van der Waals surface area contributed by atoms with Gasteiger partial charge in [0.25, 0.3) is 11.8 Å². The fraction of sp³-hybridized carbons (Fsp3) is 0.350. The van der Waals surface area contributed by atoms with Gasteiger partial charge in [-0.15, -0.1) is 0 Å². The molecule has 0 bridgehead atoms. The Kier molecular flexibility index (Phi) is 10.1. The number of carbonyl (C=O) groups is 2. The minimum Gasteiger partial charge on any atom is -0.438 e. The van der Waals surface area contributed by atoms with E-state index in [4.69, 9.17) is 4.74 Å². The summed E-state index contributed by atoms with van der Waals surface area (Å²) >= 11 is 0. The molecule has 264 valence electrons. The first-order valence-electron chi connectivity index (χ1n) is 17.7. The van der Waals surface area contributed by atoms with E-state index in [1.54, 1.807) is 12.3 Å². The van der Waals surface area contributed by atoms with Gasteiger partial charge < -0.3 is 25.1 Å². The lowest BCUT2D eigenvalue weighted by Gasteiger charge is -2.36. The summed E-state index contributed by atoms with van der Waals surface area (Å²) in [6.07, 6.45) is 5.50. The van der Waals surface area contributed by atoms with Crippen LogP contribution in [0, 0.1) is 12.7 Å². The molecule has 11 heteroatoms. The minimum absolute atomic E-state index is 0.0267. The summed E-state index contributed by atoms with van der Waals surface area (Å²) in [5.74, 6) is -0.770. The molecule has 1 saturated heterocycles. The molecule has 1 aliphatic heterocycles. The SMILES string of the molecule is Cc1cccc2nc(C(=O)NC3CCC(NC(=O)c4cc(F)cnc4Oc4cccc(-c5ccc(CN6C[C@@H](C)N[C@@H](C)C6)cc5)c4)CC3)cn12. The predicted octanol–water partition coefficient (Wildman–Crippen LogP) is 6.29. The zero-order valence-electron chi connectivity index (χ0n) is 29.2. The van der Waals surface area contributed by atoms with Gasteiger partial charge in [-0.1, -0.05) is 42.5 Å². The lowest BCUT2D eigenvalue weighted by atomic mass is 9.91. The molecular weight excluding hydrogens is 645 g/mol. The Bertz CT molecular complexity index is 2010. The van der Waals surface area contributed by atoms with Gasteiger partial charge in [-0.3, -0.25) is 14.5 Å². The highest BCUT2D eigenvalue weighted by Gasteiger charge is 2.27. The molecule has 3 N–H and O–H groups in total. The van der Waals surface area contributed by atoms with Crippen LogP contribution in [0.25, 0.3) is 16.8 Å². The summed E-state index contributed by atoms with van der Waals surface area (Å²) in [5, 5.41) is 9.71. The first-order valence-corrected chi connectivity index (χ1v) is 17.7. The smallest absolute Gasteiger partial charge is 0.271 e. The van der Waals surface area contributed by atoms with E-state index >= 15 is 0 Å². The maximum absolute atomic E-state index is 14.4. The van der Waals surface area contributed by atoms with Crippen LogP contribution in [0.4, 0.5) is 4.39 Å². The summed E-state index contributed by atoms with van der Waals surface area (Å²) in [6.45, 7) is 9.36. The number of pyridine rings is 2. The topological polar surface area (TPSA) is 113 Å². The Morgan fingerprint density at radius 3 is 2.27 bits per heavy atom. The second-order valence-electron chi connectivity index (χ2n) is 14.0. The van der Waals surface area contributed by atoms with Crippen molar-refractivity contribution in [1.82, 2.24) is 35.2 Å². The number of aromatic nitrogens is 3. The van der Waals surface area contributed by atoms with Crippen LogP contribution in [0.2, 0.25) is 0 Å². The van der Waals surface area contributed by atoms with Crippen molar-refractivity contribution < 1.29 is 18.7 Å². The van der Waals surface area contributed by atoms with Crippen molar-refractivity contribution in [2.45, 2.75) is 77.2 Å². The molecule has 5 aromatic rings. The Labute approximate surface area is 297 Å². The zero-order valence-corrected chi connectivity index (χ0v) is 29.2. The number of halogens is 1. The lowest BCUT2D eigenvalue weighted by Crippen LogP contribution is -2.53. The number of benzene rings is 2. The van der Waals surface area contributed by atoms with Gasteiger partial charge in [0, 0.05) is 55.7 Å². The maximum atomic E-state index is 14.4. The number of aryl methyl sites for hydroxylation is 1. The van der Waals surface area contributed by atoms with Crippen LogP contribution in [0.5, 0.6) is 11.6 Å². The molecule has 1 saturated carbocycles. The lowest BCUT2D eigenvalue weighted by molar-refractivity contribution is 0.0888. The number of carbonyl (C=O) groups excluding carboxylic acids is 2. The first kappa shape index (κ1) is 34.3. The minimum atomic E-state index is -0.625. The number of amides is 2. The molecule has 51 heavy (non-hydrogen) atoms. The van der Waals surface area contributed by atoms with Crippen LogP contribution in [0.1, 0.15) is 71.6 Å². The van der Waals surface area contributed by atoms with Crippen molar-refractivity contribution in [3.05, 3.63) is 114 Å². The summed E-state index contributed by atoms with van der Waals surface area (Å²) < 4.78 is 22.4. The monoisotopic (exact) mass is 689 g/mol. The standard InChI is InChI=1S/C40H44FN7O3/c1-25-21-47(22-26(2)43-25)23-28-10-12-29(13-11-28)30-7-5-8-34(18-30)51-40-35(19-31(41)20-42-40)38(49)44-32-14-16-33(17-15-32)45-39(50)36-24-48-27(3)6-4-9-37(48)46-36/h4-13,18-20,24-26,32-33,43H,14-17,21-23H2,1-3H3,(H,44,49)(H,45,50)/t25-,26+,32?,33?. The molecule has 1 aliphatic carbocycles. The van der Waals surface area contributed by atoms with Crippen LogP contribution < -0.4 is 20.7 Å². The molecule has 4 heterocycles. The van der Waals surface area contributed by atoms with E-state index in [1.807, 2.05) is 47.7 Å². The fourth-order valence-corrected chi connectivity index (χ4v) is 7.31.